The molecule has 4 rings (SSSR count). The van der Waals surface area contributed by atoms with Gasteiger partial charge >= 0.3 is 0 Å². The fourth-order valence-electron chi connectivity index (χ4n) is 3.47. The second-order valence-corrected chi connectivity index (χ2v) is 7.88. The van der Waals surface area contributed by atoms with Gasteiger partial charge in [0.2, 0.25) is 0 Å². The summed E-state index contributed by atoms with van der Waals surface area (Å²) < 4.78 is 1.65. The minimum absolute atomic E-state index is 0.0290. The molecule has 26 heavy (non-hydrogen) atoms. The van der Waals surface area contributed by atoms with Gasteiger partial charge in [0.1, 0.15) is 11.6 Å². The van der Waals surface area contributed by atoms with Crippen LogP contribution in [0.3, 0.4) is 0 Å². The SMILES string of the molecule is Cc1nccc(N2CCN(CCn3nc4c(cc3=O)CSCC4)CC2)n1. The highest BCUT2D eigenvalue weighted by Crippen LogP contribution is 2.21. The number of fused-ring (bicyclic) bond motifs is 1. The molecule has 8 heteroatoms. The molecule has 4 heterocycles. The minimum atomic E-state index is 0.0290. The summed E-state index contributed by atoms with van der Waals surface area (Å²) in [6.07, 6.45) is 2.79. The molecule has 0 atom stereocenters. The molecule has 0 spiro atoms. The van der Waals surface area contributed by atoms with Gasteiger partial charge in [-0.25, -0.2) is 14.6 Å². The summed E-state index contributed by atoms with van der Waals surface area (Å²) in [4.78, 5) is 25.6. The number of hydrogen-bond donors (Lipinski definition) is 0. The summed E-state index contributed by atoms with van der Waals surface area (Å²) in [5, 5.41) is 4.61. The van der Waals surface area contributed by atoms with E-state index in [-0.39, 0.29) is 5.56 Å². The number of piperazine rings is 1. The quantitative estimate of drug-likeness (QED) is 0.792. The number of anilines is 1. The molecule has 1 fully saturated rings. The Hall–Kier alpha value is -1.93. The molecule has 7 nitrogen and oxygen atoms in total. The molecule has 2 aromatic heterocycles. The van der Waals surface area contributed by atoms with E-state index >= 15 is 0 Å². The van der Waals surface area contributed by atoms with Crippen LogP contribution in [0.4, 0.5) is 5.82 Å². The van der Waals surface area contributed by atoms with Crippen LogP contribution in [-0.2, 0) is 18.7 Å². The van der Waals surface area contributed by atoms with Crippen molar-refractivity contribution in [2.75, 3.05) is 43.4 Å². The number of thioether (sulfide) groups is 1. The summed E-state index contributed by atoms with van der Waals surface area (Å²) in [7, 11) is 0. The Morgan fingerprint density at radius 1 is 1.19 bits per heavy atom. The zero-order valence-corrected chi connectivity index (χ0v) is 15.9. The topological polar surface area (TPSA) is 67.2 Å². The summed E-state index contributed by atoms with van der Waals surface area (Å²) in [5.41, 5.74) is 2.25. The number of nitrogens with zero attached hydrogens (tertiary/aromatic N) is 6. The van der Waals surface area contributed by atoms with Crippen molar-refractivity contribution in [1.29, 1.82) is 0 Å². The van der Waals surface area contributed by atoms with E-state index in [0.717, 1.165) is 73.5 Å². The Balaban J connectivity index is 1.33. The lowest BCUT2D eigenvalue weighted by Crippen LogP contribution is -2.48. The lowest BCUT2D eigenvalue weighted by atomic mass is 10.2. The second-order valence-electron chi connectivity index (χ2n) is 6.77. The zero-order valence-electron chi connectivity index (χ0n) is 15.1. The van der Waals surface area contributed by atoms with E-state index in [1.54, 1.807) is 10.7 Å². The largest absolute Gasteiger partial charge is 0.354 e. The van der Waals surface area contributed by atoms with Gasteiger partial charge < -0.3 is 4.90 Å². The van der Waals surface area contributed by atoms with Gasteiger partial charge in [0.05, 0.1) is 12.2 Å². The van der Waals surface area contributed by atoms with E-state index in [1.807, 2.05) is 30.9 Å². The third kappa shape index (κ3) is 3.91. The first-order chi connectivity index (χ1) is 12.7. The van der Waals surface area contributed by atoms with Gasteiger partial charge in [0, 0.05) is 57.2 Å². The van der Waals surface area contributed by atoms with Gasteiger partial charge in [-0.15, -0.1) is 0 Å². The molecule has 0 bridgehead atoms. The third-order valence-electron chi connectivity index (χ3n) is 4.99. The first kappa shape index (κ1) is 17.5. The smallest absolute Gasteiger partial charge is 0.267 e. The van der Waals surface area contributed by atoms with E-state index in [0.29, 0.717) is 6.54 Å². The maximum Gasteiger partial charge on any atom is 0.267 e. The molecule has 2 aromatic rings. The Kier molecular flexibility index (Phi) is 5.21. The Morgan fingerprint density at radius 3 is 2.85 bits per heavy atom. The first-order valence-corrected chi connectivity index (χ1v) is 10.3. The molecule has 0 radical (unpaired) electrons. The molecular weight excluding hydrogens is 348 g/mol. The van der Waals surface area contributed by atoms with Gasteiger partial charge in [-0.05, 0) is 24.3 Å². The highest BCUT2D eigenvalue weighted by molar-refractivity contribution is 7.98. The van der Waals surface area contributed by atoms with Crippen molar-refractivity contribution in [2.45, 2.75) is 25.6 Å². The van der Waals surface area contributed by atoms with E-state index < -0.39 is 0 Å². The standard InChI is InChI=1S/C18H24N6OS/c1-14-19-4-2-17(20-14)23-8-5-22(6-9-23)7-10-24-18(25)12-15-13-26-11-3-16(15)21-24/h2,4,12H,3,5-11,13H2,1H3. The van der Waals surface area contributed by atoms with Crippen molar-refractivity contribution in [2.24, 2.45) is 0 Å². The molecule has 1 saturated heterocycles. The number of rotatable bonds is 4. The highest BCUT2D eigenvalue weighted by Gasteiger charge is 2.19. The highest BCUT2D eigenvalue weighted by atomic mass is 32.2. The van der Waals surface area contributed by atoms with Crippen LogP contribution in [0.25, 0.3) is 0 Å². The van der Waals surface area contributed by atoms with Gasteiger partial charge in [-0.1, -0.05) is 0 Å². The van der Waals surface area contributed by atoms with Crippen LogP contribution < -0.4 is 10.5 Å². The summed E-state index contributed by atoms with van der Waals surface area (Å²) in [6.45, 7) is 7.27. The minimum Gasteiger partial charge on any atom is -0.354 e. The van der Waals surface area contributed by atoms with E-state index in [4.69, 9.17) is 0 Å². The van der Waals surface area contributed by atoms with Crippen LogP contribution in [0.5, 0.6) is 0 Å². The second kappa shape index (κ2) is 7.75. The van der Waals surface area contributed by atoms with Crippen LogP contribution in [0.1, 0.15) is 17.1 Å². The Labute approximate surface area is 157 Å². The third-order valence-corrected chi connectivity index (χ3v) is 6.00. The lowest BCUT2D eigenvalue weighted by Gasteiger charge is -2.35. The number of aromatic nitrogens is 4. The molecule has 138 valence electrons. The van der Waals surface area contributed by atoms with E-state index in [1.165, 1.54) is 0 Å². The van der Waals surface area contributed by atoms with Crippen molar-refractivity contribution in [3.63, 3.8) is 0 Å². The average molecular weight is 372 g/mol. The van der Waals surface area contributed by atoms with Gasteiger partial charge in [0.25, 0.3) is 5.56 Å². The Bertz CT molecular complexity index is 831. The normalized spacial score (nSPS) is 18.0. The van der Waals surface area contributed by atoms with Crippen molar-refractivity contribution in [1.82, 2.24) is 24.6 Å². The van der Waals surface area contributed by atoms with Crippen LogP contribution >= 0.6 is 11.8 Å². The predicted molar refractivity (Wildman–Crippen MR) is 104 cm³/mol. The lowest BCUT2D eigenvalue weighted by molar-refractivity contribution is 0.242. The summed E-state index contributed by atoms with van der Waals surface area (Å²) in [6, 6.07) is 3.75. The van der Waals surface area contributed by atoms with Crippen LogP contribution in [0.2, 0.25) is 0 Å². The van der Waals surface area contributed by atoms with Crippen molar-refractivity contribution in [3.05, 3.63) is 45.8 Å². The molecule has 0 aromatic carbocycles. The molecule has 0 N–H and O–H groups in total. The molecule has 0 amide bonds. The maximum absolute atomic E-state index is 12.3. The molecule has 0 unspecified atom stereocenters. The van der Waals surface area contributed by atoms with Gasteiger partial charge in [-0.3, -0.25) is 9.69 Å². The van der Waals surface area contributed by atoms with Crippen molar-refractivity contribution < 1.29 is 0 Å². The maximum atomic E-state index is 12.3. The summed E-state index contributed by atoms with van der Waals surface area (Å²) >= 11 is 1.88. The number of aryl methyl sites for hydroxylation is 2. The fraction of sp³-hybridized carbons (Fsp3) is 0.556. The Morgan fingerprint density at radius 2 is 2.04 bits per heavy atom. The van der Waals surface area contributed by atoms with E-state index in [2.05, 4.69) is 24.9 Å². The molecule has 2 aliphatic heterocycles. The van der Waals surface area contributed by atoms with Crippen LogP contribution in [0, 0.1) is 6.92 Å². The van der Waals surface area contributed by atoms with Crippen molar-refractivity contribution >= 4 is 17.6 Å². The number of hydrogen-bond acceptors (Lipinski definition) is 7. The average Bonchev–Trinajstić information content (AvgIpc) is 2.67. The monoisotopic (exact) mass is 372 g/mol. The van der Waals surface area contributed by atoms with Gasteiger partial charge in [-0.2, -0.15) is 16.9 Å². The molecule has 2 aliphatic rings. The molecule has 0 saturated carbocycles. The fourth-order valence-corrected chi connectivity index (χ4v) is 4.42. The zero-order chi connectivity index (χ0) is 17.9. The van der Waals surface area contributed by atoms with Crippen molar-refractivity contribution in [3.8, 4) is 0 Å². The predicted octanol–water partition coefficient (Wildman–Crippen LogP) is 0.953. The van der Waals surface area contributed by atoms with Crippen LogP contribution in [0.15, 0.2) is 23.1 Å². The van der Waals surface area contributed by atoms with Gasteiger partial charge in [0.15, 0.2) is 0 Å². The van der Waals surface area contributed by atoms with Crippen LogP contribution in [-0.4, -0.2) is 63.1 Å². The first-order valence-electron chi connectivity index (χ1n) is 9.14. The molecular formula is C18H24N6OS. The molecule has 0 aliphatic carbocycles. The van der Waals surface area contributed by atoms with E-state index in [9.17, 15) is 4.79 Å². The summed E-state index contributed by atoms with van der Waals surface area (Å²) in [5.74, 6) is 3.83.